The molecule has 3 rings (SSSR count). The van der Waals surface area contributed by atoms with E-state index in [1.807, 2.05) is 42.5 Å². The van der Waals surface area contributed by atoms with E-state index >= 15 is 0 Å². The molecule has 3 heteroatoms. The normalized spacial score (nSPS) is 10.3. The molecule has 0 spiro atoms. The van der Waals surface area contributed by atoms with Crippen LogP contribution in [0.3, 0.4) is 0 Å². The van der Waals surface area contributed by atoms with E-state index in [9.17, 15) is 5.11 Å². The molecule has 0 aliphatic heterocycles. The molecule has 0 aromatic heterocycles. The van der Waals surface area contributed by atoms with Crippen LogP contribution in [0.15, 0.2) is 54.6 Å². The van der Waals surface area contributed by atoms with Crippen LogP contribution in [0.25, 0.3) is 21.9 Å². The van der Waals surface area contributed by atoms with Gasteiger partial charge in [0, 0.05) is 5.39 Å². The van der Waals surface area contributed by atoms with Crippen LogP contribution in [0, 0.1) is 11.3 Å². The first-order valence-corrected chi connectivity index (χ1v) is 6.53. The Bertz CT molecular complexity index is 863. The Hall–Kier alpha value is -2.99. The van der Waals surface area contributed by atoms with Gasteiger partial charge in [-0.1, -0.05) is 30.3 Å². The predicted molar refractivity (Wildman–Crippen MR) is 82.3 cm³/mol. The number of nitriles is 1. The predicted octanol–water partition coefficient (Wildman–Crippen LogP) is 4.09. The van der Waals surface area contributed by atoms with Gasteiger partial charge >= 0.3 is 0 Å². The number of hydrogen-bond donors (Lipinski definition) is 1. The van der Waals surface area contributed by atoms with Gasteiger partial charge in [0.1, 0.15) is 17.6 Å². The van der Waals surface area contributed by atoms with E-state index in [4.69, 9.17) is 10.00 Å². The number of ether oxygens (including phenoxy) is 1. The Kier molecular flexibility index (Phi) is 3.21. The van der Waals surface area contributed by atoms with Gasteiger partial charge in [-0.3, -0.25) is 0 Å². The first-order valence-electron chi connectivity index (χ1n) is 6.53. The molecule has 1 N–H and O–H groups in total. The van der Waals surface area contributed by atoms with Crippen molar-refractivity contribution in [2.24, 2.45) is 0 Å². The summed E-state index contributed by atoms with van der Waals surface area (Å²) >= 11 is 0. The fourth-order valence-electron chi connectivity index (χ4n) is 2.42. The van der Waals surface area contributed by atoms with Gasteiger partial charge in [-0.25, -0.2) is 0 Å². The number of rotatable bonds is 2. The summed E-state index contributed by atoms with van der Waals surface area (Å²) in [5.41, 5.74) is 2.17. The van der Waals surface area contributed by atoms with Gasteiger partial charge < -0.3 is 9.84 Å². The van der Waals surface area contributed by atoms with Crippen LogP contribution >= 0.6 is 0 Å². The van der Waals surface area contributed by atoms with Crippen LogP contribution in [-0.2, 0) is 0 Å². The molecular weight excluding hydrogens is 262 g/mol. The van der Waals surface area contributed by atoms with Gasteiger partial charge in [0.25, 0.3) is 0 Å². The number of hydrogen-bond acceptors (Lipinski definition) is 3. The SMILES string of the molecule is COc1cccc2cc(-c3ccc(O)c(C#N)c3)ccc12. The van der Waals surface area contributed by atoms with E-state index in [2.05, 4.69) is 0 Å². The minimum absolute atomic E-state index is 0.00343. The van der Waals surface area contributed by atoms with Crippen molar-refractivity contribution in [1.82, 2.24) is 0 Å². The molecule has 0 saturated carbocycles. The van der Waals surface area contributed by atoms with Gasteiger partial charge in [-0.2, -0.15) is 5.26 Å². The first-order chi connectivity index (χ1) is 10.2. The third kappa shape index (κ3) is 2.28. The summed E-state index contributed by atoms with van der Waals surface area (Å²) in [4.78, 5) is 0. The zero-order chi connectivity index (χ0) is 14.8. The Morgan fingerprint density at radius 3 is 2.52 bits per heavy atom. The highest BCUT2D eigenvalue weighted by molar-refractivity contribution is 5.92. The maximum absolute atomic E-state index is 9.58. The molecule has 0 fully saturated rings. The van der Waals surface area contributed by atoms with E-state index in [0.717, 1.165) is 27.6 Å². The Morgan fingerprint density at radius 2 is 1.76 bits per heavy atom. The van der Waals surface area contributed by atoms with Crippen molar-refractivity contribution in [3.63, 3.8) is 0 Å². The molecule has 21 heavy (non-hydrogen) atoms. The molecule has 3 aromatic carbocycles. The van der Waals surface area contributed by atoms with Crippen LogP contribution in [0.5, 0.6) is 11.5 Å². The molecule has 0 saturated heterocycles. The van der Waals surface area contributed by atoms with Crippen LogP contribution in [0.4, 0.5) is 0 Å². The standard InChI is InChI=1S/C18H13NO2/c1-21-18-4-2-3-14-9-12(5-7-16(14)18)13-6-8-17(20)15(10-13)11-19/h2-10,20H,1H3. The summed E-state index contributed by atoms with van der Waals surface area (Å²) in [6.45, 7) is 0. The van der Waals surface area contributed by atoms with Crippen molar-refractivity contribution in [1.29, 1.82) is 5.26 Å². The molecule has 102 valence electrons. The van der Waals surface area contributed by atoms with Crippen molar-refractivity contribution >= 4 is 10.8 Å². The van der Waals surface area contributed by atoms with E-state index in [0.29, 0.717) is 0 Å². The highest BCUT2D eigenvalue weighted by atomic mass is 16.5. The Labute approximate surface area is 122 Å². The summed E-state index contributed by atoms with van der Waals surface area (Å²) in [5, 5.41) is 20.7. The van der Waals surface area contributed by atoms with Crippen molar-refractivity contribution in [3.05, 3.63) is 60.2 Å². The topological polar surface area (TPSA) is 53.2 Å². The van der Waals surface area contributed by atoms with Crippen LogP contribution < -0.4 is 4.74 Å². The molecule has 3 aromatic rings. The molecule has 0 aliphatic carbocycles. The lowest BCUT2D eigenvalue weighted by molar-refractivity contribution is 0.420. The van der Waals surface area contributed by atoms with E-state index in [1.54, 1.807) is 25.3 Å². The molecule has 0 heterocycles. The maximum atomic E-state index is 9.58. The lowest BCUT2D eigenvalue weighted by Crippen LogP contribution is -1.86. The summed E-state index contributed by atoms with van der Waals surface area (Å²) < 4.78 is 5.35. The molecule has 0 aliphatic rings. The number of benzene rings is 3. The second-order valence-corrected chi connectivity index (χ2v) is 4.74. The van der Waals surface area contributed by atoms with Gasteiger partial charge in [0.05, 0.1) is 12.7 Å². The third-order valence-corrected chi connectivity index (χ3v) is 3.51. The summed E-state index contributed by atoms with van der Waals surface area (Å²) in [6, 6.07) is 19.0. The maximum Gasteiger partial charge on any atom is 0.133 e. The lowest BCUT2D eigenvalue weighted by atomic mass is 9.99. The van der Waals surface area contributed by atoms with E-state index in [1.165, 1.54) is 0 Å². The largest absolute Gasteiger partial charge is 0.507 e. The summed E-state index contributed by atoms with van der Waals surface area (Å²) in [6.07, 6.45) is 0. The average molecular weight is 275 g/mol. The van der Waals surface area contributed by atoms with Crippen molar-refractivity contribution in [2.45, 2.75) is 0 Å². The molecule has 0 atom stereocenters. The fraction of sp³-hybridized carbons (Fsp3) is 0.0556. The minimum atomic E-state index is 0.00343. The molecule has 0 radical (unpaired) electrons. The van der Waals surface area contributed by atoms with E-state index in [-0.39, 0.29) is 11.3 Å². The van der Waals surface area contributed by atoms with E-state index < -0.39 is 0 Å². The zero-order valence-electron chi connectivity index (χ0n) is 11.5. The summed E-state index contributed by atoms with van der Waals surface area (Å²) in [7, 11) is 1.65. The second kappa shape index (κ2) is 5.18. The number of nitrogens with zero attached hydrogens (tertiary/aromatic N) is 1. The van der Waals surface area contributed by atoms with Crippen LogP contribution in [0.1, 0.15) is 5.56 Å². The monoisotopic (exact) mass is 275 g/mol. The lowest BCUT2D eigenvalue weighted by Gasteiger charge is -2.08. The van der Waals surface area contributed by atoms with Gasteiger partial charge in [-0.15, -0.1) is 0 Å². The Morgan fingerprint density at radius 1 is 1.00 bits per heavy atom. The van der Waals surface area contributed by atoms with Crippen molar-refractivity contribution in [2.75, 3.05) is 7.11 Å². The Balaban J connectivity index is 2.16. The van der Waals surface area contributed by atoms with Crippen molar-refractivity contribution in [3.8, 4) is 28.7 Å². The highest BCUT2D eigenvalue weighted by Gasteiger charge is 2.06. The van der Waals surface area contributed by atoms with Crippen molar-refractivity contribution < 1.29 is 9.84 Å². The minimum Gasteiger partial charge on any atom is -0.507 e. The van der Waals surface area contributed by atoms with Gasteiger partial charge in [0.2, 0.25) is 0 Å². The van der Waals surface area contributed by atoms with Crippen LogP contribution in [0.2, 0.25) is 0 Å². The molecule has 0 unspecified atom stereocenters. The number of methoxy groups -OCH3 is 1. The average Bonchev–Trinajstić information content (AvgIpc) is 2.54. The summed E-state index contributed by atoms with van der Waals surface area (Å²) in [5.74, 6) is 0.839. The fourth-order valence-corrected chi connectivity index (χ4v) is 2.42. The third-order valence-electron chi connectivity index (χ3n) is 3.51. The second-order valence-electron chi connectivity index (χ2n) is 4.74. The highest BCUT2D eigenvalue weighted by Crippen LogP contribution is 2.31. The van der Waals surface area contributed by atoms with Gasteiger partial charge in [-0.05, 0) is 40.8 Å². The number of phenolic OH excluding ortho intramolecular Hbond substituents is 1. The zero-order valence-corrected chi connectivity index (χ0v) is 11.5. The van der Waals surface area contributed by atoms with Crippen LogP contribution in [-0.4, -0.2) is 12.2 Å². The van der Waals surface area contributed by atoms with Gasteiger partial charge in [0.15, 0.2) is 0 Å². The smallest absolute Gasteiger partial charge is 0.133 e. The molecule has 0 amide bonds. The molecular formula is C18H13NO2. The number of aromatic hydroxyl groups is 1. The molecule has 3 nitrogen and oxygen atoms in total. The molecule has 0 bridgehead atoms. The number of fused-ring (bicyclic) bond motifs is 1. The first kappa shape index (κ1) is 13.0. The quantitative estimate of drug-likeness (QED) is 0.766. The number of phenols is 1.